The Hall–Kier alpha value is -3.02. The number of aromatic nitrogens is 3. The van der Waals surface area contributed by atoms with Crippen LogP contribution in [0.2, 0.25) is 0 Å². The topological polar surface area (TPSA) is 80.9 Å². The average Bonchev–Trinajstić information content (AvgIpc) is 3.16. The Kier molecular flexibility index (Phi) is 5.96. The maximum Gasteiger partial charge on any atom is 0.227 e. The minimum atomic E-state index is -0.0487. The lowest BCUT2D eigenvalue weighted by atomic mass is 9.99. The fourth-order valence-corrected chi connectivity index (χ4v) is 2.76. The van der Waals surface area contributed by atoms with Crippen LogP contribution in [-0.4, -0.2) is 21.0 Å². The van der Waals surface area contributed by atoms with E-state index in [0.29, 0.717) is 30.5 Å². The maximum atomic E-state index is 12.2. The third-order valence-corrected chi connectivity index (χ3v) is 4.43. The molecular weight excluding hydrogens is 340 g/mol. The van der Waals surface area contributed by atoms with Gasteiger partial charge in [0.25, 0.3) is 0 Å². The second kappa shape index (κ2) is 8.58. The van der Waals surface area contributed by atoms with Crippen molar-refractivity contribution in [1.82, 2.24) is 20.4 Å². The van der Waals surface area contributed by atoms with Gasteiger partial charge in [0, 0.05) is 30.8 Å². The molecule has 6 nitrogen and oxygen atoms in total. The number of benzene rings is 1. The van der Waals surface area contributed by atoms with Crippen molar-refractivity contribution < 1.29 is 9.32 Å². The standard InChI is InChI=1S/C21H24N4O2/c1-14(2)16-6-8-17(9-7-16)15(3)23-19(26)10-11-20-24-21(25-27-20)18-5-4-12-22-13-18/h4-9,12-15H,10-11H2,1-3H3,(H,23,26). The van der Waals surface area contributed by atoms with Crippen LogP contribution in [0.4, 0.5) is 0 Å². The number of rotatable bonds is 7. The summed E-state index contributed by atoms with van der Waals surface area (Å²) in [4.78, 5) is 20.6. The molecule has 0 aliphatic rings. The zero-order valence-electron chi connectivity index (χ0n) is 15.8. The molecule has 2 heterocycles. The SMILES string of the molecule is CC(C)c1ccc(C(C)NC(=O)CCc2nc(-c3cccnc3)no2)cc1. The highest BCUT2D eigenvalue weighted by Gasteiger charge is 2.13. The zero-order chi connectivity index (χ0) is 19.2. The van der Waals surface area contributed by atoms with Crippen LogP contribution in [0.3, 0.4) is 0 Å². The van der Waals surface area contributed by atoms with Crippen molar-refractivity contribution in [3.05, 3.63) is 65.8 Å². The van der Waals surface area contributed by atoms with Gasteiger partial charge in [-0.3, -0.25) is 9.78 Å². The van der Waals surface area contributed by atoms with Crippen molar-refractivity contribution in [1.29, 1.82) is 0 Å². The average molecular weight is 364 g/mol. The number of hydrogen-bond donors (Lipinski definition) is 1. The Morgan fingerprint density at radius 3 is 2.52 bits per heavy atom. The summed E-state index contributed by atoms with van der Waals surface area (Å²) in [6, 6.07) is 12.0. The van der Waals surface area contributed by atoms with Crippen molar-refractivity contribution in [2.45, 2.75) is 45.6 Å². The van der Waals surface area contributed by atoms with Crippen LogP contribution in [-0.2, 0) is 11.2 Å². The Morgan fingerprint density at radius 2 is 1.85 bits per heavy atom. The van der Waals surface area contributed by atoms with Crippen molar-refractivity contribution >= 4 is 5.91 Å². The molecule has 1 aromatic carbocycles. The highest BCUT2D eigenvalue weighted by Crippen LogP contribution is 2.19. The summed E-state index contributed by atoms with van der Waals surface area (Å²) >= 11 is 0. The molecule has 0 saturated heterocycles. The molecule has 0 saturated carbocycles. The highest BCUT2D eigenvalue weighted by atomic mass is 16.5. The van der Waals surface area contributed by atoms with E-state index in [2.05, 4.69) is 58.6 Å². The number of pyridine rings is 1. The predicted molar refractivity (Wildman–Crippen MR) is 103 cm³/mol. The number of aryl methyl sites for hydroxylation is 1. The van der Waals surface area contributed by atoms with Gasteiger partial charge in [0.1, 0.15) is 0 Å². The summed E-state index contributed by atoms with van der Waals surface area (Å²) in [6.45, 7) is 6.31. The van der Waals surface area contributed by atoms with Crippen molar-refractivity contribution in [2.24, 2.45) is 0 Å². The maximum absolute atomic E-state index is 12.2. The van der Waals surface area contributed by atoms with Gasteiger partial charge in [-0.1, -0.05) is 43.3 Å². The molecular formula is C21H24N4O2. The van der Waals surface area contributed by atoms with E-state index in [1.54, 1.807) is 12.4 Å². The van der Waals surface area contributed by atoms with E-state index in [4.69, 9.17) is 4.52 Å². The second-order valence-corrected chi connectivity index (χ2v) is 6.86. The van der Waals surface area contributed by atoms with Crippen LogP contribution in [0.15, 0.2) is 53.3 Å². The van der Waals surface area contributed by atoms with Gasteiger partial charge in [-0.15, -0.1) is 0 Å². The monoisotopic (exact) mass is 364 g/mol. The first-order valence-corrected chi connectivity index (χ1v) is 9.15. The van der Waals surface area contributed by atoms with Crippen LogP contribution in [0.5, 0.6) is 0 Å². The van der Waals surface area contributed by atoms with E-state index in [-0.39, 0.29) is 11.9 Å². The number of hydrogen-bond acceptors (Lipinski definition) is 5. The minimum absolute atomic E-state index is 0.0448. The highest BCUT2D eigenvalue weighted by molar-refractivity contribution is 5.76. The van der Waals surface area contributed by atoms with E-state index in [9.17, 15) is 4.79 Å². The quantitative estimate of drug-likeness (QED) is 0.683. The normalized spacial score (nSPS) is 12.1. The molecule has 1 unspecified atom stereocenters. The molecule has 2 aromatic heterocycles. The molecule has 1 atom stereocenters. The molecule has 140 valence electrons. The summed E-state index contributed by atoms with van der Waals surface area (Å²) in [5, 5.41) is 6.95. The van der Waals surface area contributed by atoms with Gasteiger partial charge < -0.3 is 9.84 Å². The zero-order valence-corrected chi connectivity index (χ0v) is 15.8. The first-order valence-electron chi connectivity index (χ1n) is 9.15. The van der Waals surface area contributed by atoms with E-state index in [1.807, 2.05) is 19.1 Å². The Balaban J connectivity index is 1.51. The van der Waals surface area contributed by atoms with Crippen LogP contribution in [0, 0.1) is 0 Å². The Bertz CT molecular complexity index is 873. The van der Waals surface area contributed by atoms with Gasteiger partial charge in [0.05, 0.1) is 6.04 Å². The van der Waals surface area contributed by atoms with Crippen molar-refractivity contribution in [3.63, 3.8) is 0 Å². The molecule has 0 aliphatic heterocycles. The third kappa shape index (κ3) is 5.00. The molecule has 3 rings (SSSR count). The fraction of sp³-hybridized carbons (Fsp3) is 0.333. The third-order valence-electron chi connectivity index (χ3n) is 4.43. The molecule has 3 aromatic rings. The summed E-state index contributed by atoms with van der Waals surface area (Å²) in [7, 11) is 0. The van der Waals surface area contributed by atoms with Crippen LogP contribution in [0.1, 0.15) is 56.2 Å². The Labute approximate surface area is 159 Å². The molecule has 0 fully saturated rings. The molecule has 6 heteroatoms. The van der Waals surface area contributed by atoms with E-state index in [1.165, 1.54) is 5.56 Å². The van der Waals surface area contributed by atoms with E-state index < -0.39 is 0 Å². The van der Waals surface area contributed by atoms with Gasteiger partial charge >= 0.3 is 0 Å². The molecule has 0 aliphatic carbocycles. The van der Waals surface area contributed by atoms with Gasteiger partial charge in [-0.2, -0.15) is 4.98 Å². The molecule has 0 bridgehead atoms. The van der Waals surface area contributed by atoms with Crippen molar-refractivity contribution in [3.8, 4) is 11.4 Å². The molecule has 0 radical (unpaired) electrons. The van der Waals surface area contributed by atoms with Crippen LogP contribution >= 0.6 is 0 Å². The molecule has 1 amide bonds. The van der Waals surface area contributed by atoms with Crippen molar-refractivity contribution in [2.75, 3.05) is 0 Å². The van der Waals surface area contributed by atoms with Gasteiger partial charge in [-0.25, -0.2) is 0 Å². The largest absolute Gasteiger partial charge is 0.350 e. The lowest BCUT2D eigenvalue weighted by molar-refractivity contribution is -0.121. The molecule has 0 spiro atoms. The number of amides is 1. The summed E-state index contributed by atoms with van der Waals surface area (Å²) in [6.07, 6.45) is 4.06. The number of nitrogens with one attached hydrogen (secondary N) is 1. The molecule has 1 N–H and O–H groups in total. The predicted octanol–water partition coefficient (Wildman–Crippen LogP) is 4.07. The second-order valence-electron chi connectivity index (χ2n) is 6.86. The van der Waals surface area contributed by atoms with Crippen LogP contribution in [0.25, 0.3) is 11.4 Å². The number of carbonyl (C=O) groups excluding carboxylic acids is 1. The Morgan fingerprint density at radius 1 is 1.11 bits per heavy atom. The lowest BCUT2D eigenvalue weighted by Gasteiger charge is -2.15. The van der Waals surface area contributed by atoms with Crippen LogP contribution < -0.4 is 5.32 Å². The smallest absolute Gasteiger partial charge is 0.227 e. The number of carbonyl (C=O) groups is 1. The van der Waals surface area contributed by atoms with Gasteiger partial charge in [0.15, 0.2) is 0 Å². The lowest BCUT2D eigenvalue weighted by Crippen LogP contribution is -2.26. The van der Waals surface area contributed by atoms with E-state index >= 15 is 0 Å². The number of nitrogens with zero attached hydrogens (tertiary/aromatic N) is 3. The molecule has 27 heavy (non-hydrogen) atoms. The first-order chi connectivity index (χ1) is 13.0. The summed E-state index contributed by atoms with van der Waals surface area (Å²) in [5.41, 5.74) is 3.16. The van der Waals surface area contributed by atoms with Gasteiger partial charge in [-0.05, 0) is 36.1 Å². The fourth-order valence-electron chi connectivity index (χ4n) is 2.76. The van der Waals surface area contributed by atoms with E-state index in [0.717, 1.165) is 11.1 Å². The van der Waals surface area contributed by atoms with Gasteiger partial charge in [0.2, 0.25) is 17.6 Å². The summed E-state index contributed by atoms with van der Waals surface area (Å²) < 4.78 is 5.23. The minimum Gasteiger partial charge on any atom is -0.350 e. The summed E-state index contributed by atoms with van der Waals surface area (Å²) in [5.74, 6) is 1.38. The first kappa shape index (κ1) is 18.8.